The van der Waals surface area contributed by atoms with Gasteiger partial charge < -0.3 is 14.7 Å². The first-order valence-electron chi connectivity index (χ1n) is 8.25. The number of rotatable bonds is 5. The summed E-state index contributed by atoms with van der Waals surface area (Å²) in [7, 11) is -1.59. The van der Waals surface area contributed by atoms with Gasteiger partial charge in [-0.1, -0.05) is 12.1 Å². The minimum atomic E-state index is -3.36. The molecule has 0 unspecified atom stereocenters. The Morgan fingerprint density at radius 3 is 2.56 bits per heavy atom. The fourth-order valence-corrected chi connectivity index (χ4v) is 4.21. The summed E-state index contributed by atoms with van der Waals surface area (Å²) in [5.41, 5.74) is 0.839. The van der Waals surface area contributed by atoms with E-state index in [1.165, 1.54) is 23.4 Å². The van der Waals surface area contributed by atoms with Gasteiger partial charge >= 0.3 is 0 Å². The zero-order valence-electron chi connectivity index (χ0n) is 14.6. The Balaban J connectivity index is 0.00000225. The van der Waals surface area contributed by atoms with Crippen LogP contribution in [0.4, 0.5) is 0 Å². The topological polar surface area (TPSA) is 91.0 Å². The standard InChI is InChI=1S/C15H25N5O3S.HI/c1-15(4-5-15)12-17-14(16-2)19-6-8-20(9-7-19)24(21,22)11-13-3-10-23-18-13;/h3,10H,4-9,11-12H2,1-2H3,(H,16,17);1H. The van der Waals surface area contributed by atoms with Crippen LogP contribution in [0.3, 0.4) is 0 Å². The molecule has 1 aliphatic carbocycles. The second-order valence-electron chi connectivity index (χ2n) is 6.84. The Hall–Kier alpha value is -0.880. The van der Waals surface area contributed by atoms with Gasteiger partial charge in [-0.2, -0.15) is 4.31 Å². The maximum atomic E-state index is 12.4. The lowest BCUT2D eigenvalue weighted by Gasteiger charge is -2.36. The number of halogens is 1. The molecule has 2 heterocycles. The summed E-state index contributed by atoms with van der Waals surface area (Å²) in [6.45, 7) is 5.37. The van der Waals surface area contributed by atoms with Crippen LogP contribution in [0.1, 0.15) is 25.5 Å². The Kier molecular flexibility index (Phi) is 6.71. The molecule has 1 aliphatic heterocycles. The van der Waals surface area contributed by atoms with E-state index < -0.39 is 10.0 Å². The highest BCUT2D eigenvalue weighted by molar-refractivity contribution is 14.0. The normalized spacial score (nSPS) is 20.9. The molecule has 0 radical (unpaired) electrons. The molecule has 0 amide bonds. The molecule has 25 heavy (non-hydrogen) atoms. The van der Waals surface area contributed by atoms with Crippen molar-refractivity contribution in [3.05, 3.63) is 18.0 Å². The molecule has 142 valence electrons. The molecule has 2 fully saturated rings. The molecule has 0 atom stereocenters. The second kappa shape index (κ2) is 8.21. The molecule has 1 aromatic heterocycles. The molecule has 1 N–H and O–H groups in total. The van der Waals surface area contributed by atoms with Crippen LogP contribution in [0, 0.1) is 5.41 Å². The summed E-state index contributed by atoms with van der Waals surface area (Å²) in [4.78, 5) is 6.45. The lowest BCUT2D eigenvalue weighted by atomic mass is 10.1. The largest absolute Gasteiger partial charge is 0.364 e. The first kappa shape index (κ1) is 20.4. The van der Waals surface area contributed by atoms with Gasteiger partial charge in [0.1, 0.15) is 12.0 Å². The molecular formula is C15H26IN5O3S. The van der Waals surface area contributed by atoms with Crippen molar-refractivity contribution in [2.75, 3.05) is 39.8 Å². The van der Waals surface area contributed by atoms with E-state index in [0.29, 0.717) is 37.3 Å². The Labute approximate surface area is 166 Å². The molecule has 3 rings (SSSR count). The number of aromatic nitrogens is 1. The minimum absolute atomic E-state index is 0. The summed E-state index contributed by atoms with van der Waals surface area (Å²) >= 11 is 0. The number of piperazine rings is 1. The van der Waals surface area contributed by atoms with Crippen LogP contribution < -0.4 is 5.32 Å². The highest BCUT2D eigenvalue weighted by Gasteiger charge is 2.37. The highest BCUT2D eigenvalue weighted by Crippen LogP contribution is 2.44. The van der Waals surface area contributed by atoms with Gasteiger partial charge in [0.2, 0.25) is 10.0 Å². The average Bonchev–Trinajstić information content (AvgIpc) is 3.08. The molecule has 0 spiro atoms. The van der Waals surface area contributed by atoms with Crippen molar-refractivity contribution in [2.45, 2.75) is 25.5 Å². The van der Waals surface area contributed by atoms with Gasteiger partial charge in [0.25, 0.3) is 0 Å². The van der Waals surface area contributed by atoms with Crippen molar-refractivity contribution < 1.29 is 12.9 Å². The van der Waals surface area contributed by atoms with Crippen LogP contribution >= 0.6 is 24.0 Å². The predicted molar refractivity (Wildman–Crippen MR) is 106 cm³/mol. The Morgan fingerprint density at radius 1 is 1.36 bits per heavy atom. The molecule has 1 saturated carbocycles. The third kappa shape index (κ3) is 5.30. The van der Waals surface area contributed by atoms with Gasteiger partial charge in [-0.15, -0.1) is 24.0 Å². The van der Waals surface area contributed by atoms with Gasteiger partial charge in [0, 0.05) is 45.8 Å². The van der Waals surface area contributed by atoms with Gasteiger partial charge in [-0.3, -0.25) is 4.99 Å². The van der Waals surface area contributed by atoms with Crippen molar-refractivity contribution in [1.82, 2.24) is 19.7 Å². The minimum Gasteiger partial charge on any atom is -0.364 e. The third-order valence-corrected chi connectivity index (χ3v) is 6.55. The van der Waals surface area contributed by atoms with Crippen LogP contribution in [0.5, 0.6) is 0 Å². The zero-order valence-corrected chi connectivity index (χ0v) is 17.8. The molecule has 1 saturated heterocycles. The SMILES string of the molecule is CN=C(NCC1(C)CC1)N1CCN(S(=O)(=O)Cc2ccon2)CC1.I. The predicted octanol–water partition coefficient (Wildman–Crippen LogP) is 1.12. The molecule has 0 bridgehead atoms. The fraction of sp³-hybridized carbons (Fsp3) is 0.733. The van der Waals surface area contributed by atoms with Crippen LogP contribution in [-0.2, 0) is 15.8 Å². The van der Waals surface area contributed by atoms with Crippen molar-refractivity contribution >= 4 is 40.0 Å². The van der Waals surface area contributed by atoms with E-state index in [9.17, 15) is 8.42 Å². The maximum Gasteiger partial charge on any atom is 0.220 e. The molecule has 8 nitrogen and oxygen atoms in total. The maximum absolute atomic E-state index is 12.4. The van der Waals surface area contributed by atoms with E-state index in [1.54, 1.807) is 13.1 Å². The molecule has 1 aromatic rings. The number of hydrogen-bond acceptors (Lipinski definition) is 5. The second-order valence-corrected chi connectivity index (χ2v) is 8.81. The monoisotopic (exact) mass is 483 g/mol. The van der Waals surface area contributed by atoms with E-state index in [2.05, 4.69) is 27.3 Å². The van der Waals surface area contributed by atoms with E-state index in [0.717, 1.165) is 12.5 Å². The van der Waals surface area contributed by atoms with E-state index in [4.69, 9.17) is 4.52 Å². The van der Waals surface area contributed by atoms with E-state index in [-0.39, 0.29) is 29.7 Å². The Morgan fingerprint density at radius 2 is 2.04 bits per heavy atom. The molecule has 2 aliphatic rings. The average molecular weight is 483 g/mol. The van der Waals surface area contributed by atoms with E-state index in [1.807, 2.05) is 0 Å². The van der Waals surface area contributed by atoms with E-state index >= 15 is 0 Å². The number of hydrogen-bond donors (Lipinski definition) is 1. The first-order chi connectivity index (χ1) is 11.4. The quantitative estimate of drug-likeness (QED) is 0.384. The van der Waals surface area contributed by atoms with Gasteiger partial charge in [-0.25, -0.2) is 8.42 Å². The summed E-state index contributed by atoms with van der Waals surface area (Å²) in [6, 6.07) is 1.58. The number of aliphatic imine (C=N–C) groups is 1. The zero-order chi connectivity index (χ0) is 17.2. The fourth-order valence-electron chi connectivity index (χ4n) is 2.78. The smallest absolute Gasteiger partial charge is 0.220 e. The first-order valence-corrected chi connectivity index (χ1v) is 9.85. The lowest BCUT2D eigenvalue weighted by molar-refractivity contribution is 0.259. The summed E-state index contributed by atoms with van der Waals surface area (Å²) in [6.07, 6.45) is 3.90. The van der Waals surface area contributed by atoms with Crippen molar-refractivity contribution in [1.29, 1.82) is 0 Å². The number of sulfonamides is 1. The number of nitrogens with one attached hydrogen (secondary N) is 1. The Bertz CT molecular complexity index is 680. The summed E-state index contributed by atoms with van der Waals surface area (Å²) in [5, 5.41) is 7.10. The summed E-state index contributed by atoms with van der Waals surface area (Å²) < 4.78 is 31.1. The van der Waals surface area contributed by atoms with Crippen molar-refractivity contribution in [3.8, 4) is 0 Å². The van der Waals surface area contributed by atoms with Crippen LogP contribution in [0.25, 0.3) is 0 Å². The van der Waals surface area contributed by atoms with Crippen molar-refractivity contribution in [3.63, 3.8) is 0 Å². The van der Waals surface area contributed by atoms with Gasteiger partial charge in [0.05, 0.1) is 5.69 Å². The number of guanidine groups is 1. The third-order valence-electron chi connectivity index (χ3n) is 4.74. The van der Waals surface area contributed by atoms with Crippen LogP contribution in [0.2, 0.25) is 0 Å². The summed E-state index contributed by atoms with van der Waals surface area (Å²) in [5.74, 6) is 0.742. The number of nitrogens with zero attached hydrogens (tertiary/aromatic N) is 4. The highest BCUT2D eigenvalue weighted by atomic mass is 127. The van der Waals surface area contributed by atoms with Crippen LogP contribution in [0.15, 0.2) is 21.8 Å². The molecule has 10 heteroatoms. The van der Waals surface area contributed by atoms with Crippen LogP contribution in [-0.4, -0.2) is 68.5 Å². The lowest BCUT2D eigenvalue weighted by Crippen LogP contribution is -2.54. The van der Waals surface area contributed by atoms with Crippen molar-refractivity contribution in [2.24, 2.45) is 10.4 Å². The van der Waals surface area contributed by atoms with Gasteiger partial charge in [0.15, 0.2) is 5.96 Å². The molecular weight excluding hydrogens is 457 g/mol. The van der Waals surface area contributed by atoms with Gasteiger partial charge in [-0.05, 0) is 18.3 Å². The molecule has 0 aromatic carbocycles.